The second-order valence-electron chi connectivity index (χ2n) is 9.90. The van der Waals surface area contributed by atoms with Gasteiger partial charge >= 0.3 is 0 Å². The molecule has 1 atom stereocenters. The first kappa shape index (κ1) is 36.1. The highest BCUT2D eigenvalue weighted by molar-refractivity contribution is 8.08. The number of pyridine rings is 1. The number of benzene rings is 1. The van der Waals surface area contributed by atoms with E-state index in [0.29, 0.717) is 54.6 Å². The Bertz CT molecular complexity index is 1520. The van der Waals surface area contributed by atoms with E-state index in [1.54, 1.807) is 25.5 Å². The van der Waals surface area contributed by atoms with Gasteiger partial charge < -0.3 is 30.1 Å². The van der Waals surface area contributed by atoms with Crippen LogP contribution in [0.25, 0.3) is 4.91 Å². The zero-order chi connectivity index (χ0) is 33.3. The lowest BCUT2D eigenvalue weighted by atomic mass is 10.1. The van der Waals surface area contributed by atoms with E-state index < -0.39 is 24.2 Å². The molecule has 12 heteroatoms. The minimum Gasteiger partial charge on any atom is -0.458 e. The highest BCUT2D eigenvalue weighted by atomic mass is 32.2. The van der Waals surface area contributed by atoms with Crippen LogP contribution in [0.3, 0.4) is 0 Å². The second kappa shape index (κ2) is 19.2. The van der Waals surface area contributed by atoms with Crippen LogP contribution in [-0.2, 0) is 16.1 Å². The number of nitrogens with one attached hydrogen (secondary N) is 2. The van der Waals surface area contributed by atoms with Gasteiger partial charge in [-0.2, -0.15) is 0 Å². The third-order valence-electron chi connectivity index (χ3n) is 6.58. The monoisotopic (exact) mass is 651 g/mol. The van der Waals surface area contributed by atoms with E-state index in [4.69, 9.17) is 14.5 Å². The van der Waals surface area contributed by atoms with E-state index in [-0.39, 0.29) is 12.3 Å². The van der Waals surface area contributed by atoms with Crippen LogP contribution in [0.5, 0.6) is 5.75 Å². The summed E-state index contributed by atoms with van der Waals surface area (Å²) in [5.74, 6) is -1.04. The highest BCUT2D eigenvalue weighted by Gasteiger charge is 2.23. The van der Waals surface area contributed by atoms with Crippen molar-refractivity contribution in [1.82, 2.24) is 15.2 Å². The summed E-state index contributed by atoms with van der Waals surface area (Å²) in [5, 5.41) is 16.1. The Morgan fingerprint density at radius 2 is 2.13 bits per heavy atom. The number of rotatable bonds is 16. The largest absolute Gasteiger partial charge is 0.458 e. The maximum Gasteiger partial charge on any atom is 0.233 e. The summed E-state index contributed by atoms with van der Waals surface area (Å²) in [6.45, 7) is 9.11. The van der Waals surface area contributed by atoms with Gasteiger partial charge in [-0.1, -0.05) is 19.2 Å². The minimum absolute atomic E-state index is 0.00727. The van der Waals surface area contributed by atoms with E-state index in [2.05, 4.69) is 28.8 Å². The number of ether oxygens (including phenoxy) is 2. The maximum atomic E-state index is 15.2. The number of nitrogens with zero attached hydrogens (tertiary/aromatic N) is 3. The Labute approximate surface area is 272 Å². The third kappa shape index (κ3) is 11.2. The van der Waals surface area contributed by atoms with Crippen molar-refractivity contribution in [2.24, 2.45) is 10.9 Å². The maximum absolute atomic E-state index is 15.2. The molecule has 0 spiro atoms. The molecule has 244 valence electrons. The third-order valence-corrected chi connectivity index (χ3v) is 7.65. The number of halogens is 2. The van der Waals surface area contributed by atoms with Crippen LogP contribution in [0.1, 0.15) is 11.4 Å². The molecule has 0 aliphatic carbocycles. The van der Waals surface area contributed by atoms with Gasteiger partial charge in [0.15, 0.2) is 11.6 Å². The molecule has 1 aliphatic heterocycles. The summed E-state index contributed by atoms with van der Waals surface area (Å²) in [7, 11) is 3.15. The van der Waals surface area contributed by atoms with Crippen LogP contribution in [0.4, 0.5) is 14.5 Å². The molecule has 0 fully saturated rings. The smallest absolute Gasteiger partial charge is 0.233 e. The van der Waals surface area contributed by atoms with Crippen LogP contribution in [-0.4, -0.2) is 73.3 Å². The lowest BCUT2D eigenvalue weighted by Gasteiger charge is -2.24. The van der Waals surface area contributed by atoms with Crippen molar-refractivity contribution >= 4 is 34.5 Å². The topological polar surface area (TPSA) is 108 Å². The van der Waals surface area contributed by atoms with Gasteiger partial charge in [0.2, 0.25) is 5.91 Å². The number of methoxy groups -OCH3 is 1. The van der Waals surface area contributed by atoms with Gasteiger partial charge in [-0.3, -0.25) is 14.8 Å². The first-order valence-electron chi connectivity index (χ1n) is 14.4. The molecular formula is C34H39F2N5O4S. The SMILES string of the molecule is C=C/C(=C\C=C\F)N(C)C(=O)C(CO)CNc1ccc(O/C2=C/C=N\C(=C)/C=C(/c3cccc(CNCCOC)n3)SC2)c(F)c1. The molecular weight excluding hydrogens is 612 g/mol. The lowest BCUT2D eigenvalue weighted by Crippen LogP contribution is -2.37. The number of amides is 1. The van der Waals surface area contributed by atoms with Gasteiger partial charge in [-0.15, -0.1) is 11.8 Å². The molecule has 0 bridgehead atoms. The molecule has 2 heterocycles. The number of aliphatic hydroxyl groups excluding tert-OH is 1. The Balaban J connectivity index is 1.65. The molecule has 1 aromatic carbocycles. The summed E-state index contributed by atoms with van der Waals surface area (Å²) < 4.78 is 38.6. The summed E-state index contributed by atoms with van der Waals surface area (Å²) >= 11 is 1.47. The lowest BCUT2D eigenvalue weighted by molar-refractivity contribution is -0.132. The van der Waals surface area contributed by atoms with Gasteiger partial charge in [0.1, 0.15) is 5.76 Å². The second-order valence-corrected chi connectivity index (χ2v) is 10.9. The van der Waals surface area contributed by atoms with Crippen LogP contribution >= 0.6 is 11.8 Å². The molecule has 0 saturated carbocycles. The van der Waals surface area contributed by atoms with Gasteiger partial charge in [0.25, 0.3) is 0 Å². The van der Waals surface area contributed by atoms with Crippen molar-refractivity contribution in [3.05, 3.63) is 121 Å². The quantitative estimate of drug-likeness (QED) is 0.159. The Hall–Kier alpha value is -4.36. The summed E-state index contributed by atoms with van der Waals surface area (Å²) in [6, 6.07) is 10.1. The zero-order valence-corrected chi connectivity index (χ0v) is 26.7. The van der Waals surface area contributed by atoms with Crippen molar-refractivity contribution in [2.45, 2.75) is 6.54 Å². The number of allylic oxidation sites excluding steroid dienone is 5. The van der Waals surface area contributed by atoms with E-state index in [1.807, 2.05) is 24.3 Å². The van der Waals surface area contributed by atoms with Gasteiger partial charge in [0.05, 0.1) is 48.3 Å². The first-order valence-corrected chi connectivity index (χ1v) is 15.4. The molecule has 0 saturated heterocycles. The van der Waals surface area contributed by atoms with E-state index in [0.717, 1.165) is 22.4 Å². The molecule has 1 amide bonds. The Morgan fingerprint density at radius 1 is 1.30 bits per heavy atom. The predicted molar refractivity (Wildman–Crippen MR) is 181 cm³/mol. The van der Waals surface area contributed by atoms with E-state index >= 15 is 4.39 Å². The normalized spacial score (nSPS) is 17.5. The standard InChI is InChI=1S/C34H39F2N5O4S/c1-5-28(9-7-14-35)41(3)34(43)25(22-42)20-39-26-11-12-32(30(36)19-26)45-29-13-15-38-24(2)18-33(46-23-29)31-10-6-8-27(40-31)21-37-16-17-44-4/h5-15,18-19,25,37,39,42H,1-2,16-17,20-23H2,3-4H3/b14-7+,28-9+,29-13+,33-18-,38-15-. The number of hydrogen-bond donors (Lipinski definition) is 3. The van der Waals surface area contributed by atoms with Crippen molar-refractivity contribution in [3.63, 3.8) is 0 Å². The van der Waals surface area contributed by atoms with Crippen molar-refractivity contribution < 1.29 is 28.2 Å². The molecule has 2 aromatic rings. The number of anilines is 1. The average molecular weight is 652 g/mol. The fraction of sp³-hybridized carbons (Fsp3) is 0.265. The van der Waals surface area contributed by atoms with Crippen molar-refractivity contribution in [3.8, 4) is 5.75 Å². The van der Waals surface area contributed by atoms with Gasteiger partial charge in [0, 0.05) is 62.4 Å². The number of aliphatic imine (C=N–C) groups is 1. The summed E-state index contributed by atoms with van der Waals surface area (Å²) in [4.78, 5) is 24.1. The van der Waals surface area contributed by atoms with Crippen LogP contribution in [0.15, 0.2) is 108 Å². The number of aliphatic hydroxyl groups is 1. The van der Waals surface area contributed by atoms with Gasteiger partial charge in [-0.25, -0.2) is 8.78 Å². The molecule has 1 unspecified atom stereocenters. The van der Waals surface area contributed by atoms with Crippen LogP contribution in [0, 0.1) is 11.7 Å². The Kier molecular flexibility index (Phi) is 15.1. The number of likely N-dealkylation sites (N-methyl/N-ethyl adjacent to an activating group) is 1. The minimum atomic E-state index is -0.846. The number of aromatic nitrogens is 1. The molecule has 3 N–H and O–H groups in total. The van der Waals surface area contributed by atoms with Crippen LogP contribution < -0.4 is 15.4 Å². The molecule has 0 radical (unpaired) electrons. The predicted octanol–water partition coefficient (Wildman–Crippen LogP) is 5.62. The molecule has 1 aliphatic rings. The van der Waals surface area contributed by atoms with E-state index in [1.165, 1.54) is 48.0 Å². The molecule has 3 rings (SSSR count). The summed E-state index contributed by atoms with van der Waals surface area (Å²) in [5.41, 5.74) is 2.91. The number of carbonyl (C=O) groups excluding carboxylic acids is 1. The summed E-state index contributed by atoms with van der Waals surface area (Å²) in [6.07, 6.45) is 9.31. The van der Waals surface area contributed by atoms with E-state index in [9.17, 15) is 14.3 Å². The first-order chi connectivity index (χ1) is 22.3. The highest BCUT2D eigenvalue weighted by Crippen LogP contribution is 2.32. The fourth-order valence-electron chi connectivity index (χ4n) is 4.12. The number of thioether (sulfide) groups is 1. The molecule has 1 aromatic heterocycles. The fourth-order valence-corrected chi connectivity index (χ4v) is 5.05. The Morgan fingerprint density at radius 3 is 2.85 bits per heavy atom. The average Bonchev–Trinajstić information content (AvgIpc) is 3.15. The zero-order valence-electron chi connectivity index (χ0n) is 25.9. The molecule has 9 nitrogen and oxygen atoms in total. The van der Waals surface area contributed by atoms with Crippen molar-refractivity contribution in [2.75, 3.05) is 51.5 Å². The van der Waals surface area contributed by atoms with Gasteiger partial charge in [-0.05, 0) is 54.6 Å². The molecule has 46 heavy (non-hydrogen) atoms. The number of carbonyl (C=O) groups is 1. The van der Waals surface area contributed by atoms with Crippen molar-refractivity contribution in [1.29, 1.82) is 0 Å². The number of hydrogen-bond acceptors (Lipinski definition) is 9. The van der Waals surface area contributed by atoms with Crippen LogP contribution in [0.2, 0.25) is 0 Å².